The second kappa shape index (κ2) is 11.3. The van der Waals surface area contributed by atoms with E-state index in [0.29, 0.717) is 6.42 Å². The normalized spacial score (nSPS) is 13.9. The summed E-state index contributed by atoms with van der Waals surface area (Å²) < 4.78 is 14.3. The third-order valence-corrected chi connectivity index (χ3v) is 8.71. The summed E-state index contributed by atoms with van der Waals surface area (Å²) in [4.78, 5) is 0. The Labute approximate surface area is 164 Å². The topological polar surface area (TPSA) is 37.3 Å². The van der Waals surface area contributed by atoms with Crippen molar-refractivity contribution in [2.24, 2.45) is 0 Å². The summed E-state index contributed by atoms with van der Waals surface area (Å²) in [6, 6.07) is 19.1. The number of unbranched alkanes of at least 4 members (excludes halogenated alkanes) is 5. The van der Waals surface area contributed by atoms with E-state index in [0.717, 1.165) is 23.5 Å². The molecule has 0 spiro atoms. The molecule has 2 nitrogen and oxygen atoms in total. The van der Waals surface area contributed by atoms with Crippen molar-refractivity contribution in [3.05, 3.63) is 73.3 Å². The number of hydrogen-bond donors (Lipinski definition) is 1. The summed E-state index contributed by atoms with van der Waals surface area (Å²) in [6.07, 6.45) is 8.74. The Hall–Kier alpha value is -1.63. The van der Waals surface area contributed by atoms with Crippen LogP contribution in [0.1, 0.15) is 51.9 Å². The van der Waals surface area contributed by atoms with Crippen LogP contribution >= 0.6 is 7.14 Å². The molecular formula is C24H33O2P. The maximum atomic E-state index is 14.3. The van der Waals surface area contributed by atoms with Crippen molar-refractivity contribution < 1.29 is 9.67 Å². The van der Waals surface area contributed by atoms with Gasteiger partial charge in [0.2, 0.25) is 0 Å². The molecule has 0 radical (unpaired) electrons. The summed E-state index contributed by atoms with van der Waals surface area (Å²) in [5.41, 5.74) is -0.474. The summed E-state index contributed by atoms with van der Waals surface area (Å²) in [5.74, 6) is 0. The zero-order valence-electron chi connectivity index (χ0n) is 16.5. The van der Waals surface area contributed by atoms with Crippen LogP contribution in [0.3, 0.4) is 0 Å². The third kappa shape index (κ3) is 5.67. The molecule has 2 rings (SSSR count). The van der Waals surface area contributed by atoms with Gasteiger partial charge in [-0.1, -0.05) is 112 Å². The maximum Gasteiger partial charge on any atom is 0.152 e. The van der Waals surface area contributed by atoms with Gasteiger partial charge in [0.05, 0.1) is 11.8 Å². The van der Waals surface area contributed by atoms with Crippen molar-refractivity contribution in [1.29, 1.82) is 0 Å². The fraction of sp³-hybridized carbons (Fsp3) is 0.417. The van der Waals surface area contributed by atoms with Gasteiger partial charge in [-0.25, -0.2) is 0 Å². The van der Waals surface area contributed by atoms with Crippen LogP contribution in [0.15, 0.2) is 73.3 Å². The van der Waals surface area contributed by atoms with Crippen molar-refractivity contribution in [2.75, 3.05) is 0 Å². The molecule has 2 atom stereocenters. The zero-order valence-corrected chi connectivity index (χ0v) is 17.4. The van der Waals surface area contributed by atoms with Crippen molar-refractivity contribution >= 4 is 17.8 Å². The molecule has 0 fully saturated rings. The first-order valence-corrected chi connectivity index (χ1v) is 11.9. The van der Waals surface area contributed by atoms with E-state index in [-0.39, 0.29) is 0 Å². The Morgan fingerprint density at radius 3 is 1.85 bits per heavy atom. The predicted molar refractivity (Wildman–Crippen MR) is 118 cm³/mol. The van der Waals surface area contributed by atoms with Gasteiger partial charge in [0.25, 0.3) is 0 Å². The minimum absolute atomic E-state index is 0.474. The fourth-order valence-electron chi connectivity index (χ4n) is 3.64. The van der Waals surface area contributed by atoms with Gasteiger partial charge in [-0.15, -0.1) is 6.58 Å². The Balaban J connectivity index is 2.20. The molecule has 0 aliphatic rings. The van der Waals surface area contributed by atoms with Gasteiger partial charge in [0.1, 0.15) is 0 Å². The number of rotatable bonds is 12. The Morgan fingerprint density at radius 1 is 0.889 bits per heavy atom. The first-order valence-electron chi connectivity index (χ1n) is 10.2. The number of aliphatic hydroxyl groups is 1. The summed E-state index contributed by atoms with van der Waals surface area (Å²) in [5, 5.41) is 12.5. The van der Waals surface area contributed by atoms with E-state index in [1.807, 2.05) is 60.7 Å². The van der Waals surface area contributed by atoms with Crippen molar-refractivity contribution in [2.45, 2.75) is 63.6 Å². The van der Waals surface area contributed by atoms with Crippen molar-refractivity contribution in [1.82, 2.24) is 0 Å². The largest absolute Gasteiger partial charge is 0.392 e. The number of benzene rings is 2. The summed E-state index contributed by atoms with van der Waals surface area (Å²) >= 11 is 0. The van der Waals surface area contributed by atoms with Crippen LogP contribution in [0.25, 0.3) is 0 Å². The Bertz CT molecular complexity index is 668. The van der Waals surface area contributed by atoms with Gasteiger partial charge in [0, 0.05) is 10.6 Å². The minimum Gasteiger partial charge on any atom is -0.392 e. The lowest BCUT2D eigenvalue weighted by molar-refractivity contribution is 0.166. The molecule has 146 valence electrons. The minimum atomic E-state index is -3.02. The molecule has 0 heterocycles. The second-order valence-electron chi connectivity index (χ2n) is 7.18. The van der Waals surface area contributed by atoms with Gasteiger partial charge >= 0.3 is 0 Å². The maximum absolute atomic E-state index is 14.3. The van der Waals surface area contributed by atoms with Gasteiger partial charge in [0.15, 0.2) is 7.14 Å². The van der Waals surface area contributed by atoms with E-state index < -0.39 is 18.9 Å². The molecule has 1 N–H and O–H groups in total. The van der Waals surface area contributed by atoms with E-state index >= 15 is 0 Å². The smallest absolute Gasteiger partial charge is 0.152 e. The molecule has 0 saturated heterocycles. The molecule has 0 aliphatic carbocycles. The SMILES string of the molecule is C=C[C@H]([C@H](O)CCCCCCCC)P(=O)(c1ccccc1)c1ccccc1. The first kappa shape index (κ1) is 21.7. The van der Waals surface area contributed by atoms with Gasteiger partial charge in [-0.2, -0.15) is 0 Å². The lowest BCUT2D eigenvalue weighted by Gasteiger charge is -2.30. The molecule has 27 heavy (non-hydrogen) atoms. The fourth-order valence-corrected chi connectivity index (χ4v) is 6.79. The molecule has 2 aromatic carbocycles. The molecule has 0 aromatic heterocycles. The van der Waals surface area contributed by atoms with E-state index in [1.54, 1.807) is 6.08 Å². The van der Waals surface area contributed by atoms with Crippen LogP contribution < -0.4 is 10.6 Å². The summed E-state index contributed by atoms with van der Waals surface area (Å²) in [6.45, 7) is 6.15. The summed E-state index contributed by atoms with van der Waals surface area (Å²) in [7, 11) is -3.02. The molecule has 2 aromatic rings. The molecule has 3 heteroatoms. The zero-order chi connectivity index (χ0) is 19.5. The third-order valence-electron chi connectivity index (χ3n) is 5.19. The molecule has 0 saturated carbocycles. The lowest BCUT2D eigenvalue weighted by Crippen LogP contribution is -2.33. The molecule has 0 unspecified atom stereocenters. The number of hydrogen-bond acceptors (Lipinski definition) is 2. The van der Waals surface area contributed by atoms with E-state index in [9.17, 15) is 9.67 Å². The van der Waals surface area contributed by atoms with Crippen LogP contribution in [0, 0.1) is 0 Å². The van der Waals surface area contributed by atoms with Crippen LogP contribution in [0.5, 0.6) is 0 Å². The highest BCUT2D eigenvalue weighted by molar-refractivity contribution is 7.79. The molecule has 0 aliphatic heterocycles. The molecule has 0 amide bonds. The highest BCUT2D eigenvalue weighted by Gasteiger charge is 2.38. The Morgan fingerprint density at radius 2 is 1.37 bits per heavy atom. The van der Waals surface area contributed by atoms with E-state index in [1.165, 1.54) is 25.7 Å². The van der Waals surface area contributed by atoms with Crippen LogP contribution in [0.2, 0.25) is 0 Å². The second-order valence-corrected chi connectivity index (χ2v) is 10.1. The quantitative estimate of drug-likeness (QED) is 0.291. The predicted octanol–water partition coefficient (Wildman–Crippen LogP) is 5.67. The highest BCUT2D eigenvalue weighted by Crippen LogP contribution is 2.51. The highest BCUT2D eigenvalue weighted by atomic mass is 31.2. The average molecular weight is 384 g/mol. The van der Waals surface area contributed by atoms with Gasteiger partial charge in [-0.05, 0) is 6.42 Å². The molecular weight excluding hydrogens is 351 g/mol. The Kier molecular flexibility index (Phi) is 9.04. The average Bonchev–Trinajstić information content (AvgIpc) is 2.72. The number of aliphatic hydroxyl groups excluding tert-OH is 1. The van der Waals surface area contributed by atoms with Gasteiger partial charge in [-0.3, -0.25) is 0 Å². The van der Waals surface area contributed by atoms with Crippen LogP contribution in [-0.2, 0) is 4.57 Å². The van der Waals surface area contributed by atoms with Crippen LogP contribution in [-0.4, -0.2) is 16.9 Å². The van der Waals surface area contributed by atoms with Crippen LogP contribution in [0.4, 0.5) is 0 Å². The molecule has 0 bridgehead atoms. The first-order chi connectivity index (χ1) is 13.1. The van der Waals surface area contributed by atoms with E-state index in [2.05, 4.69) is 13.5 Å². The van der Waals surface area contributed by atoms with E-state index in [4.69, 9.17) is 0 Å². The van der Waals surface area contributed by atoms with Crippen molar-refractivity contribution in [3.8, 4) is 0 Å². The monoisotopic (exact) mass is 384 g/mol. The standard InChI is InChI=1S/C24H33O2P/c1-3-5-6-7-8-15-20-23(25)24(4-2)27(26,21-16-11-9-12-17-21)22-18-13-10-14-19-22/h4,9-14,16-19,23-25H,2-3,5-8,15,20H2,1H3/t23-,24-/m1/s1. The van der Waals surface area contributed by atoms with Gasteiger partial charge < -0.3 is 9.67 Å². The van der Waals surface area contributed by atoms with Crippen molar-refractivity contribution in [3.63, 3.8) is 0 Å². The lowest BCUT2D eigenvalue weighted by atomic mass is 10.1.